The van der Waals surface area contributed by atoms with E-state index in [2.05, 4.69) is 36.5 Å². The Hall–Kier alpha value is -1.23. The zero-order valence-electron chi connectivity index (χ0n) is 8.51. The summed E-state index contributed by atoms with van der Waals surface area (Å²) in [6, 6.07) is 2.14. The van der Waals surface area contributed by atoms with Crippen molar-refractivity contribution in [1.82, 2.24) is 5.32 Å². The normalized spacial score (nSPS) is 11.6. The molecule has 0 aliphatic carbocycles. The fraction of sp³-hybridized carbons (Fsp3) is 0.545. The molecule has 1 N–H and O–H groups in total. The second kappa shape index (κ2) is 8.86. The molecule has 0 atom stereocenters. The van der Waals surface area contributed by atoms with Crippen molar-refractivity contribution in [3.05, 3.63) is 23.9 Å². The second-order valence-electron chi connectivity index (χ2n) is 2.71. The predicted molar refractivity (Wildman–Crippen MR) is 56.0 cm³/mol. The van der Waals surface area contributed by atoms with Gasteiger partial charge in [0.1, 0.15) is 0 Å². The number of allylic oxidation sites excluding steroid dienone is 4. The van der Waals surface area contributed by atoms with Gasteiger partial charge < -0.3 is 5.32 Å². The Morgan fingerprint density at radius 2 is 2.15 bits per heavy atom. The molecule has 2 nitrogen and oxygen atoms in total. The highest BCUT2D eigenvalue weighted by atomic mass is 14.9. The number of nitrogens with zero attached hydrogens (tertiary/aromatic N) is 1. The second-order valence-corrected chi connectivity index (χ2v) is 2.71. The Labute approximate surface area is 81.0 Å². The third-order valence-corrected chi connectivity index (χ3v) is 1.58. The summed E-state index contributed by atoms with van der Waals surface area (Å²) in [5, 5.41) is 11.7. The fourth-order valence-corrected chi connectivity index (χ4v) is 0.992. The van der Waals surface area contributed by atoms with Crippen LogP contribution >= 0.6 is 0 Å². The van der Waals surface area contributed by atoms with E-state index >= 15 is 0 Å². The van der Waals surface area contributed by atoms with Gasteiger partial charge in [0.05, 0.1) is 12.5 Å². The maximum atomic E-state index is 8.52. The molecular weight excluding hydrogens is 160 g/mol. The van der Waals surface area contributed by atoms with Crippen LogP contribution in [0.1, 0.15) is 33.1 Å². The Bertz CT molecular complexity index is 209. The molecule has 0 rings (SSSR count). The van der Waals surface area contributed by atoms with Gasteiger partial charge in [0.25, 0.3) is 0 Å². The first kappa shape index (κ1) is 11.8. The van der Waals surface area contributed by atoms with Gasteiger partial charge in [-0.25, -0.2) is 0 Å². The number of nitrogens with one attached hydrogen (secondary N) is 1. The maximum absolute atomic E-state index is 8.52. The lowest BCUT2D eigenvalue weighted by Gasteiger charge is -2.03. The summed E-state index contributed by atoms with van der Waals surface area (Å²) in [6.07, 6.45) is 8.79. The molecule has 2 heteroatoms. The lowest BCUT2D eigenvalue weighted by Crippen LogP contribution is -2.11. The van der Waals surface area contributed by atoms with Crippen LogP contribution < -0.4 is 5.32 Å². The van der Waals surface area contributed by atoms with Gasteiger partial charge in [0.15, 0.2) is 0 Å². The molecule has 13 heavy (non-hydrogen) atoms. The van der Waals surface area contributed by atoms with Crippen molar-refractivity contribution in [1.29, 1.82) is 5.26 Å². The highest BCUT2D eigenvalue weighted by Crippen LogP contribution is 1.98. The van der Waals surface area contributed by atoms with Crippen LogP contribution in [0.5, 0.6) is 0 Å². The van der Waals surface area contributed by atoms with Gasteiger partial charge in [0.2, 0.25) is 0 Å². The van der Waals surface area contributed by atoms with Crippen LogP contribution in [0.3, 0.4) is 0 Å². The van der Waals surface area contributed by atoms with E-state index in [1.54, 1.807) is 0 Å². The summed E-state index contributed by atoms with van der Waals surface area (Å²) in [5.74, 6) is 0. The van der Waals surface area contributed by atoms with E-state index in [-0.39, 0.29) is 0 Å². The highest BCUT2D eigenvalue weighted by molar-refractivity contribution is 5.07. The highest BCUT2D eigenvalue weighted by Gasteiger charge is 1.91. The molecule has 0 saturated carbocycles. The largest absolute Gasteiger partial charge is 0.388 e. The topological polar surface area (TPSA) is 35.8 Å². The zero-order chi connectivity index (χ0) is 9.94. The summed E-state index contributed by atoms with van der Waals surface area (Å²) in [6.45, 7) is 5.03. The summed E-state index contributed by atoms with van der Waals surface area (Å²) in [7, 11) is 0. The molecule has 0 aliphatic heterocycles. The van der Waals surface area contributed by atoms with E-state index in [0.29, 0.717) is 6.42 Å². The monoisotopic (exact) mass is 178 g/mol. The maximum Gasteiger partial charge on any atom is 0.0746 e. The average molecular weight is 178 g/mol. The van der Waals surface area contributed by atoms with Gasteiger partial charge in [-0.05, 0) is 19.8 Å². The lowest BCUT2D eigenvalue weighted by molar-refractivity contribution is 0.824. The SMILES string of the molecule is CCC=CC/C=C(\CC#N)NCC. The van der Waals surface area contributed by atoms with Crippen molar-refractivity contribution >= 4 is 0 Å². The Morgan fingerprint density at radius 1 is 1.38 bits per heavy atom. The van der Waals surface area contributed by atoms with E-state index in [1.165, 1.54) is 0 Å². The molecule has 0 aliphatic rings. The molecule has 0 amide bonds. The van der Waals surface area contributed by atoms with Gasteiger partial charge in [0, 0.05) is 12.2 Å². The van der Waals surface area contributed by atoms with E-state index < -0.39 is 0 Å². The van der Waals surface area contributed by atoms with Crippen LogP contribution in [0.25, 0.3) is 0 Å². The summed E-state index contributed by atoms with van der Waals surface area (Å²) in [4.78, 5) is 0. The van der Waals surface area contributed by atoms with Crippen LogP contribution in [0.15, 0.2) is 23.9 Å². The van der Waals surface area contributed by atoms with Crippen molar-refractivity contribution in [3.63, 3.8) is 0 Å². The van der Waals surface area contributed by atoms with Crippen molar-refractivity contribution in [2.75, 3.05) is 6.54 Å². The summed E-state index contributed by atoms with van der Waals surface area (Å²) >= 11 is 0. The van der Waals surface area contributed by atoms with Crippen molar-refractivity contribution in [3.8, 4) is 6.07 Å². The molecule has 0 unspecified atom stereocenters. The number of nitriles is 1. The first-order valence-corrected chi connectivity index (χ1v) is 4.80. The molecule has 0 heterocycles. The molecule has 0 fully saturated rings. The molecule has 0 spiro atoms. The minimum Gasteiger partial charge on any atom is -0.388 e. The van der Waals surface area contributed by atoms with E-state index in [4.69, 9.17) is 5.26 Å². The van der Waals surface area contributed by atoms with E-state index in [1.807, 2.05) is 6.92 Å². The molecule has 0 radical (unpaired) electrons. The molecular formula is C11H18N2. The predicted octanol–water partition coefficient (Wildman–Crippen LogP) is 2.75. The zero-order valence-corrected chi connectivity index (χ0v) is 8.51. The smallest absolute Gasteiger partial charge is 0.0746 e. The van der Waals surface area contributed by atoms with Crippen LogP contribution in [-0.2, 0) is 0 Å². The van der Waals surface area contributed by atoms with Gasteiger partial charge >= 0.3 is 0 Å². The molecule has 0 aromatic heterocycles. The standard InChI is InChI=1S/C11H18N2/c1-3-5-6-7-8-11(9-10-12)13-4-2/h5-6,8,13H,3-4,7,9H2,1-2H3/b6-5?,11-8+. The minimum absolute atomic E-state index is 0.480. The molecule has 0 aromatic carbocycles. The average Bonchev–Trinajstić information content (AvgIpc) is 2.13. The Balaban J connectivity index is 3.89. The quantitative estimate of drug-likeness (QED) is 0.635. The number of hydrogen-bond acceptors (Lipinski definition) is 2. The summed E-state index contributed by atoms with van der Waals surface area (Å²) in [5.41, 5.74) is 1.03. The summed E-state index contributed by atoms with van der Waals surface area (Å²) < 4.78 is 0. The van der Waals surface area contributed by atoms with Crippen LogP contribution in [0.4, 0.5) is 0 Å². The first-order chi connectivity index (χ1) is 6.35. The van der Waals surface area contributed by atoms with Crippen molar-refractivity contribution in [2.45, 2.75) is 33.1 Å². The van der Waals surface area contributed by atoms with E-state index in [9.17, 15) is 0 Å². The number of rotatable bonds is 6. The third-order valence-electron chi connectivity index (χ3n) is 1.58. The first-order valence-electron chi connectivity index (χ1n) is 4.80. The number of hydrogen-bond donors (Lipinski definition) is 1. The third kappa shape index (κ3) is 7.14. The Morgan fingerprint density at radius 3 is 2.69 bits per heavy atom. The van der Waals surface area contributed by atoms with Crippen LogP contribution in [0, 0.1) is 11.3 Å². The van der Waals surface area contributed by atoms with Gasteiger partial charge in [-0.15, -0.1) is 0 Å². The van der Waals surface area contributed by atoms with Crippen molar-refractivity contribution in [2.24, 2.45) is 0 Å². The minimum atomic E-state index is 0.480. The fourth-order valence-electron chi connectivity index (χ4n) is 0.992. The molecule has 0 saturated heterocycles. The molecule has 0 aromatic rings. The Kier molecular flexibility index (Phi) is 8.02. The van der Waals surface area contributed by atoms with Gasteiger partial charge in [-0.3, -0.25) is 0 Å². The molecule has 72 valence electrons. The lowest BCUT2D eigenvalue weighted by atomic mass is 10.2. The van der Waals surface area contributed by atoms with Crippen LogP contribution in [-0.4, -0.2) is 6.54 Å². The van der Waals surface area contributed by atoms with Gasteiger partial charge in [-0.2, -0.15) is 5.26 Å². The van der Waals surface area contributed by atoms with Crippen molar-refractivity contribution < 1.29 is 0 Å². The molecule has 0 bridgehead atoms. The van der Waals surface area contributed by atoms with Gasteiger partial charge in [-0.1, -0.05) is 25.2 Å². The van der Waals surface area contributed by atoms with Crippen LogP contribution in [0.2, 0.25) is 0 Å². The van der Waals surface area contributed by atoms with E-state index in [0.717, 1.165) is 25.1 Å².